The zero-order valence-electron chi connectivity index (χ0n) is 11.9. The Kier molecular flexibility index (Phi) is 4.91. The number of carbonyl (C=O) groups is 1. The van der Waals surface area contributed by atoms with E-state index in [-0.39, 0.29) is 5.78 Å². The van der Waals surface area contributed by atoms with Gasteiger partial charge in [0.25, 0.3) is 0 Å². The Balaban J connectivity index is 1.95. The number of rotatable bonds is 6. The van der Waals surface area contributed by atoms with Crippen LogP contribution in [0.2, 0.25) is 0 Å². The van der Waals surface area contributed by atoms with Crippen molar-refractivity contribution in [1.82, 2.24) is 4.90 Å². The van der Waals surface area contributed by atoms with Crippen molar-refractivity contribution in [1.29, 1.82) is 0 Å². The normalized spacial score (nSPS) is 10.6. The first-order valence-electron chi connectivity index (χ1n) is 6.59. The highest BCUT2D eigenvalue weighted by Crippen LogP contribution is 2.14. The van der Waals surface area contributed by atoms with E-state index in [4.69, 9.17) is 4.74 Å². The second-order valence-corrected chi connectivity index (χ2v) is 4.81. The minimum Gasteiger partial charge on any atom is -0.497 e. The van der Waals surface area contributed by atoms with Gasteiger partial charge in [-0.3, -0.25) is 9.69 Å². The molecule has 2 aromatic carbocycles. The standard InChI is InChI=1S/C17H19NO2/c1-18(12-14-7-6-10-16(11-14)20-2)13-17(19)15-8-4-3-5-9-15/h3-11H,12-13H2,1-2H3. The lowest BCUT2D eigenvalue weighted by atomic mass is 10.1. The third-order valence-electron chi connectivity index (χ3n) is 3.10. The first-order valence-corrected chi connectivity index (χ1v) is 6.59. The molecule has 20 heavy (non-hydrogen) atoms. The minimum absolute atomic E-state index is 0.135. The number of likely N-dealkylation sites (N-methyl/N-ethyl adjacent to an activating group) is 1. The average molecular weight is 269 g/mol. The van der Waals surface area contributed by atoms with Gasteiger partial charge in [-0.15, -0.1) is 0 Å². The maximum atomic E-state index is 12.1. The monoisotopic (exact) mass is 269 g/mol. The molecule has 3 heteroatoms. The Labute approximate surface area is 119 Å². The van der Waals surface area contributed by atoms with Crippen LogP contribution < -0.4 is 4.74 Å². The fraction of sp³-hybridized carbons (Fsp3) is 0.235. The largest absolute Gasteiger partial charge is 0.497 e. The Morgan fingerprint density at radius 1 is 1.10 bits per heavy atom. The fourth-order valence-electron chi connectivity index (χ4n) is 2.10. The molecule has 0 aliphatic carbocycles. The van der Waals surface area contributed by atoms with Crippen molar-refractivity contribution < 1.29 is 9.53 Å². The lowest BCUT2D eigenvalue weighted by molar-refractivity contribution is 0.0943. The van der Waals surface area contributed by atoms with Gasteiger partial charge in [-0.2, -0.15) is 0 Å². The molecule has 3 nitrogen and oxygen atoms in total. The number of nitrogens with zero attached hydrogens (tertiary/aromatic N) is 1. The van der Waals surface area contributed by atoms with E-state index in [1.165, 1.54) is 0 Å². The molecule has 0 saturated heterocycles. The van der Waals surface area contributed by atoms with E-state index in [1.54, 1.807) is 7.11 Å². The number of carbonyl (C=O) groups excluding carboxylic acids is 1. The third-order valence-corrected chi connectivity index (χ3v) is 3.10. The number of hydrogen-bond donors (Lipinski definition) is 0. The second kappa shape index (κ2) is 6.87. The molecule has 0 heterocycles. The lowest BCUT2D eigenvalue weighted by Gasteiger charge is -2.16. The van der Waals surface area contributed by atoms with Gasteiger partial charge in [0, 0.05) is 12.1 Å². The van der Waals surface area contributed by atoms with E-state index in [1.807, 2.05) is 66.5 Å². The first-order chi connectivity index (χ1) is 9.69. The maximum Gasteiger partial charge on any atom is 0.176 e. The van der Waals surface area contributed by atoms with Crippen LogP contribution in [-0.4, -0.2) is 31.4 Å². The summed E-state index contributed by atoms with van der Waals surface area (Å²) in [5.41, 5.74) is 1.89. The second-order valence-electron chi connectivity index (χ2n) is 4.81. The molecule has 0 unspecified atom stereocenters. The van der Waals surface area contributed by atoms with Crippen LogP contribution >= 0.6 is 0 Å². The van der Waals surface area contributed by atoms with Crippen molar-refractivity contribution in [2.45, 2.75) is 6.54 Å². The summed E-state index contributed by atoms with van der Waals surface area (Å²) in [6.07, 6.45) is 0. The molecule has 0 radical (unpaired) electrons. The molecule has 2 aromatic rings. The van der Waals surface area contributed by atoms with Crippen LogP contribution in [0.25, 0.3) is 0 Å². The Hall–Kier alpha value is -2.13. The molecule has 0 fully saturated rings. The van der Waals surface area contributed by atoms with Crippen LogP contribution in [0.3, 0.4) is 0 Å². The van der Waals surface area contributed by atoms with Crippen molar-refractivity contribution in [2.24, 2.45) is 0 Å². The summed E-state index contributed by atoms with van der Waals surface area (Å²) < 4.78 is 5.20. The van der Waals surface area contributed by atoms with E-state index in [9.17, 15) is 4.79 Å². The van der Waals surface area contributed by atoms with Crippen molar-refractivity contribution in [3.05, 3.63) is 65.7 Å². The van der Waals surface area contributed by atoms with Gasteiger partial charge < -0.3 is 4.74 Å². The molecule has 0 aliphatic rings. The van der Waals surface area contributed by atoms with E-state index >= 15 is 0 Å². The quantitative estimate of drug-likeness (QED) is 0.755. The highest BCUT2D eigenvalue weighted by atomic mass is 16.5. The number of ketones is 1. The zero-order chi connectivity index (χ0) is 14.4. The summed E-state index contributed by atoms with van der Waals surface area (Å²) in [4.78, 5) is 14.1. The minimum atomic E-state index is 0.135. The van der Waals surface area contributed by atoms with Gasteiger partial charge in [0.1, 0.15) is 5.75 Å². The fourth-order valence-corrected chi connectivity index (χ4v) is 2.10. The third kappa shape index (κ3) is 3.93. The molecular formula is C17H19NO2. The van der Waals surface area contributed by atoms with Gasteiger partial charge in [0.2, 0.25) is 0 Å². The van der Waals surface area contributed by atoms with E-state index in [0.717, 1.165) is 23.4 Å². The van der Waals surface area contributed by atoms with Gasteiger partial charge in [0.15, 0.2) is 5.78 Å². The van der Waals surface area contributed by atoms with Crippen LogP contribution in [0.5, 0.6) is 5.75 Å². The van der Waals surface area contributed by atoms with E-state index in [2.05, 4.69) is 0 Å². The molecule has 0 bridgehead atoms. The van der Waals surface area contributed by atoms with Crippen molar-refractivity contribution in [3.63, 3.8) is 0 Å². The highest BCUT2D eigenvalue weighted by molar-refractivity contribution is 5.97. The predicted octanol–water partition coefficient (Wildman–Crippen LogP) is 3.01. The van der Waals surface area contributed by atoms with Crippen LogP contribution in [0, 0.1) is 0 Å². The number of methoxy groups -OCH3 is 1. The molecule has 0 N–H and O–H groups in total. The van der Waals surface area contributed by atoms with E-state index in [0.29, 0.717) is 6.54 Å². The van der Waals surface area contributed by atoms with Crippen molar-refractivity contribution in [3.8, 4) is 5.75 Å². The van der Waals surface area contributed by atoms with Gasteiger partial charge in [-0.1, -0.05) is 42.5 Å². The molecule has 104 valence electrons. The maximum absolute atomic E-state index is 12.1. The predicted molar refractivity (Wildman–Crippen MR) is 80.1 cm³/mol. The van der Waals surface area contributed by atoms with Gasteiger partial charge in [-0.25, -0.2) is 0 Å². The van der Waals surface area contributed by atoms with Crippen LogP contribution in [0.15, 0.2) is 54.6 Å². The molecular weight excluding hydrogens is 250 g/mol. The average Bonchev–Trinajstić information content (AvgIpc) is 2.48. The number of ether oxygens (including phenoxy) is 1. The lowest BCUT2D eigenvalue weighted by Crippen LogP contribution is -2.25. The SMILES string of the molecule is COc1cccc(CN(C)CC(=O)c2ccccc2)c1. The first kappa shape index (κ1) is 14.3. The van der Waals surface area contributed by atoms with E-state index < -0.39 is 0 Å². The Bertz CT molecular complexity index is 566. The zero-order valence-corrected chi connectivity index (χ0v) is 11.9. The summed E-state index contributed by atoms with van der Waals surface area (Å²) >= 11 is 0. The summed E-state index contributed by atoms with van der Waals surface area (Å²) in [5, 5.41) is 0. The molecule has 0 aliphatic heterocycles. The Morgan fingerprint density at radius 3 is 2.55 bits per heavy atom. The summed E-state index contributed by atoms with van der Waals surface area (Å²) in [5.74, 6) is 0.973. The molecule has 0 aromatic heterocycles. The van der Waals surface area contributed by atoms with Crippen molar-refractivity contribution >= 4 is 5.78 Å². The summed E-state index contributed by atoms with van der Waals surface area (Å²) in [6.45, 7) is 1.12. The van der Waals surface area contributed by atoms with Crippen molar-refractivity contribution in [2.75, 3.05) is 20.7 Å². The van der Waals surface area contributed by atoms with Gasteiger partial charge in [0.05, 0.1) is 13.7 Å². The van der Waals surface area contributed by atoms with Crippen LogP contribution in [-0.2, 0) is 6.54 Å². The van der Waals surface area contributed by atoms with Crippen LogP contribution in [0.1, 0.15) is 15.9 Å². The van der Waals surface area contributed by atoms with Gasteiger partial charge >= 0.3 is 0 Å². The number of Topliss-reactive ketones (excluding diaryl/α,β-unsaturated/α-hetero) is 1. The topological polar surface area (TPSA) is 29.5 Å². The summed E-state index contributed by atoms with van der Waals surface area (Å²) in [6, 6.07) is 17.3. The highest BCUT2D eigenvalue weighted by Gasteiger charge is 2.09. The molecule has 0 amide bonds. The molecule has 0 atom stereocenters. The smallest absolute Gasteiger partial charge is 0.176 e. The molecule has 2 rings (SSSR count). The summed E-state index contributed by atoms with van der Waals surface area (Å²) in [7, 11) is 3.60. The number of hydrogen-bond acceptors (Lipinski definition) is 3. The van der Waals surface area contributed by atoms with Crippen LogP contribution in [0.4, 0.5) is 0 Å². The Morgan fingerprint density at radius 2 is 1.85 bits per heavy atom. The molecule has 0 spiro atoms. The molecule has 0 saturated carbocycles. The number of benzene rings is 2. The van der Waals surface area contributed by atoms with Gasteiger partial charge in [-0.05, 0) is 24.7 Å².